The highest BCUT2D eigenvalue weighted by atomic mass is 16.4. The van der Waals surface area contributed by atoms with Gasteiger partial charge in [0, 0.05) is 26.2 Å². The Hall–Kier alpha value is -7.71. The number of hydrogen-bond donors (Lipinski definition) is 14. The minimum atomic E-state index is -1.89. The Labute approximate surface area is 433 Å². The van der Waals surface area contributed by atoms with E-state index < -0.39 is 176 Å². The number of carbonyl (C=O) groups excluding carboxylic acids is 10. The average Bonchev–Trinajstić information content (AvgIpc) is 3.29. The number of hydrogen-bond acceptors (Lipinski definition) is 14. The summed E-state index contributed by atoms with van der Waals surface area (Å²) in [5, 5.41) is 60.0. The Bertz CT molecular complexity index is 2190. The zero-order valence-corrected chi connectivity index (χ0v) is 43.4. The molecule has 27 nitrogen and oxygen atoms in total. The zero-order chi connectivity index (χ0) is 57.3. The molecule has 0 saturated heterocycles. The molecule has 1 aromatic rings. The molecule has 0 spiro atoms. The molecule has 15 N–H and O–H groups in total. The SMILES string of the molecule is CC(=O)N[C@@H](CC(C)C)C(=O)N[C@@H](CC(=O)O)C(=O)N[C@H](C(=O)N[C@@H](CCC(=O)O)C(=O)N[C@H](C(=O)NCC(=O)N[C@@H](CCC(=O)O)C(=O)N[C@@H](Cc1ccccc1)C(=O)N[C@@H](CC(C)C)C(N)=O)[C@@H](C)O)C(C)C. The number of aliphatic carboxylic acids is 3. The molecule has 0 saturated carbocycles. The van der Waals surface area contributed by atoms with Gasteiger partial charge in [-0.2, -0.15) is 0 Å². The van der Waals surface area contributed by atoms with E-state index in [-0.39, 0.29) is 31.1 Å². The summed E-state index contributed by atoms with van der Waals surface area (Å²) >= 11 is 0. The van der Waals surface area contributed by atoms with Crippen LogP contribution in [-0.4, -0.2) is 158 Å². The van der Waals surface area contributed by atoms with Crippen molar-refractivity contribution < 1.29 is 82.8 Å². The maximum absolute atomic E-state index is 13.7. The standard InChI is InChI=1S/C48H74N10O17/c1-23(2)18-31(41(49)68)54-45(72)33(20-28-12-10-9-11-13-28)55-42(69)29(14-16-36(62)63)52-35(61)22-50-47(74)40(26(7)59)58-43(70)30(15-17-37(64)65)53-48(75)39(25(5)6)57-46(73)34(21-38(66)67)56-44(71)32(19-24(3)4)51-27(8)60/h9-13,23-26,29-34,39-40,59H,14-22H2,1-8H3,(H2,49,68)(H,50,74)(H,51,60)(H,52,61)(H,53,75)(H,54,72)(H,55,69)(H,56,71)(H,57,73)(H,58,70)(H,62,63)(H,64,65)(H,66,67)/t26-,29+,30+,31+,32+,33+,34+,39+,40+/m1/s1. The summed E-state index contributed by atoms with van der Waals surface area (Å²) in [7, 11) is 0. The van der Waals surface area contributed by atoms with Crippen LogP contribution in [0.3, 0.4) is 0 Å². The number of aliphatic hydroxyl groups is 1. The smallest absolute Gasteiger partial charge is 0.305 e. The molecule has 0 aliphatic rings. The molecule has 0 heterocycles. The monoisotopic (exact) mass is 1060 g/mol. The van der Waals surface area contributed by atoms with E-state index in [0.29, 0.717) is 5.56 Å². The van der Waals surface area contributed by atoms with Gasteiger partial charge in [0.15, 0.2) is 0 Å². The van der Waals surface area contributed by atoms with E-state index in [2.05, 4.69) is 47.9 Å². The highest BCUT2D eigenvalue weighted by Gasteiger charge is 2.36. The summed E-state index contributed by atoms with van der Waals surface area (Å²) in [4.78, 5) is 167. The third-order valence-corrected chi connectivity index (χ3v) is 11.0. The lowest BCUT2D eigenvalue weighted by Gasteiger charge is -2.28. The third kappa shape index (κ3) is 25.7. The van der Waals surface area contributed by atoms with Gasteiger partial charge < -0.3 is 74.0 Å². The van der Waals surface area contributed by atoms with Crippen molar-refractivity contribution in [3.63, 3.8) is 0 Å². The Morgan fingerprint density at radius 3 is 1.41 bits per heavy atom. The number of benzene rings is 1. The minimum absolute atomic E-state index is 0.0702. The predicted molar refractivity (Wildman–Crippen MR) is 265 cm³/mol. The van der Waals surface area contributed by atoms with Crippen molar-refractivity contribution in [2.24, 2.45) is 23.5 Å². The molecule has 0 aliphatic carbocycles. The van der Waals surface area contributed by atoms with Crippen LogP contribution in [0, 0.1) is 17.8 Å². The van der Waals surface area contributed by atoms with Gasteiger partial charge in [0.1, 0.15) is 48.3 Å². The fourth-order valence-electron chi connectivity index (χ4n) is 7.23. The fraction of sp³-hybridized carbons (Fsp3) is 0.604. The second-order valence-corrected chi connectivity index (χ2v) is 19.1. The van der Waals surface area contributed by atoms with E-state index in [1.165, 1.54) is 13.8 Å². The molecule has 10 amide bonds. The molecule has 0 fully saturated rings. The minimum Gasteiger partial charge on any atom is -0.481 e. The van der Waals surface area contributed by atoms with Gasteiger partial charge in [-0.3, -0.25) is 62.3 Å². The van der Waals surface area contributed by atoms with Crippen LogP contribution < -0.4 is 53.6 Å². The molecule has 0 radical (unpaired) electrons. The quantitative estimate of drug-likeness (QED) is 0.0328. The zero-order valence-electron chi connectivity index (χ0n) is 43.4. The van der Waals surface area contributed by atoms with E-state index in [9.17, 15) is 82.8 Å². The van der Waals surface area contributed by atoms with Crippen LogP contribution in [0.25, 0.3) is 0 Å². The summed E-state index contributed by atoms with van der Waals surface area (Å²) < 4.78 is 0. The van der Waals surface area contributed by atoms with Crippen LogP contribution in [0.4, 0.5) is 0 Å². The van der Waals surface area contributed by atoms with Crippen LogP contribution in [0.15, 0.2) is 30.3 Å². The van der Waals surface area contributed by atoms with Gasteiger partial charge in [0.05, 0.1) is 19.1 Å². The van der Waals surface area contributed by atoms with Crippen LogP contribution in [0.5, 0.6) is 0 Å². The van der Waals surface area contributed by atoms with E-state index in [1.807, 2.05) is 0 Å². The molecule has 1 aromatic carbocycles. The maximum Gasteiger partial charge on any atom is 0.305 e. The van der Waals surface area contributed by atoms with E-state index in [1.54, 1.807) is 58.0 Å². The fourth-order valence-corrected chi connectivity index (χ4v) is 7.23. The van der Waals surface area contributed by atoms with Gasteiger partial charge in [-0.1, -0.05) is 71.9 Å². The molecule has 418 valence electrons. The molecule has 0 aliphatic heterocycles. The molecular formula is C48H74N10O17. The topological polar surface area (TPSA) is 437 Å². The molecule has 75 heavy (non-hydrogen) atoms. The summed E-state index contributed by atoms with van der Waals surface area (Å²) in [6.45, 7) is 11.3. The van der Waals surface area contributed by atoms with Crippen LogP contribution >= 0.6 is 0 Å². The van der Waals surface area contributed by atoms with Crippen molar-refractivity contribution >= 4 is 77.0 Å². The summed E-state index contributed by atoms with van der Waals surface area (Å²) in [6.07, 6.45) is -5.00. The van der Waals surface area contributed by atoms with Crippen molar-refractivity contribution in [2.45, 2.75) is 161 Å². The normalized spacial score (nSPS) is 14.7. The van der Waals surface area contributed by atoms with Crippen molar-refractivity contribution in [1.29, 1.82) is 0 Å². The summed E-state index contributed by atoms with van der Waals surface area (Å²) in [6, 6.07) is -3.86. The molecule has 0 bridgehead atoms. The largest absolute Gasteiger partial charge is 0.481 e. The van der Waals surface area contributed by atoms with Gasteiger partial charge in [-0.05, 0) is 55.9 Å². The number of carbonyl (C=O) groups is 13. The van der Waals surface area contributed by atoms with Crippen LogP contribution in [0.1, 0.15) is 106 Å². The summed E-state index contributed by atoms with van der Waals surface area (Å²) in [5.74, 6) is -15.1. The number of primary amides is 1. The Morgan fingerprint density at radius 2 is 0.933 bits per heavy atom. The lowest BCUT2D eigenvalue weighted by atomic mass is 10.00. The van der Waals surface area contributed by atoms with E-state index in [0.717, 1.165) is 13.8 Å². The first-order valence-electron chi connectivity index (χ1n) is 24.2. The first-order chi connectivity index (χ1) is 34.9. The molecule has 27 heteroatoms. The number of amides is 10. The molecular weight excluding hydrogens is 989 g/mol. The number of aliphatic hydroxyl groups excluding tert-OH is 1. The Morgan fingerprint density at radius 1 is 0.493 bits per heavy atom. The predicted octanol–water partition coefficient (Wildman–Crippen LogP) is -2.94. The Balaban J connectivity index is 3.31. The van der Waals surface area contributed by atoms with E-state index >= 15 is 0 Å². The number of nitrogens with two attached hydrogens (primary N) is 1. The molecule has 0 unspecified atom stereocenters. The highest BCUT2D eigenvalue weighted by molar-refractivity contribution is 5.99. The second-order valence-electron chi connectivity index (χ2n) is 19.1. The lowest BCUT2D eigenvalue weighted by molar-refractivity contribution is -0.142. The Kier molecular flexibility index (Phi) is 28.3. The highest BCUT2D eigenvalue weighted by Crippen LogP contribution is 2.12. The van der Waals surface area contributed by atoms with Gasteiger partial charge in [-0.15, -0.1) is 0 Å². The second kappa shape index (κ2) is 32.5. The van der Waals surface area contributed by atoms with Gasteiger partial charge in [-0.25, -0.2) is 0 Å². The van der Waals surface area contributed by atoms with Gasteiger partial charge in [0.25, 0.3) is 0 Å². The van der Waals surface area contributed by atoms with Gasteiger partial charge in [0.2, 0.25) is 59.1 Å². The lowest BCUT2D eigenvalue weighted by Crippen LogP contribution is -2.61. The summed E-state index contributed by atoms with van der Waals surface area (Å²) in [5.41, 5.74) is 6.10. The molecule has 9 atom stereocenters. The molecule has 1 rings (SSSR count). The van der Waals surface area contributed by atoms with Gasteiger partial charge >= 0.3 is 17.9 Å². The van der Waals surface area contributed by atoms with Crippen LogP contribution in [0.2, 0.25) is 0 Å². The average molecular weight is 1060 g/mol. The number of nitrogens with one attached hydrogen (secondary N) is 9. The third-order valence-electron chi connectivity index (χ3n) is 11.0. The number of carboxylic acid groups (broad SMARTS) is 3. The first kappa shape index (κ1) is 65.3. The maximum atomic E-state index is 13.7. The van der Waals surface area contributed by atoms with Crippen molar-refractivity contribution in [2.75, 3.05) is 6.54 Å². The first-order valence-corrected chi connectivity index (χ1v) is 24.2. The number of carboxylic acids is 3. The van der Waals surface area contributed by atoms with Crippen LogP contribution in [-0.2, 0) is 68.7 Å². The molecule has 0 aromatic heterocycles. The van der Waals surface area contributed by atoms with Crippen molar-refractivity contribution in [3.8, 4) is 0 Å². The van der Waals surface area contributed by atoms with Crippen molar-refractivity contribution in [1.82, 2.24) is 47.9 Å². The van der Waals surface area contributed by atoms with E-state index in [4.69, 9.17) is 5.73 Å². The number of rotatable bonds is 34. The van der Waals surface area contributed by atoms with Crippen molar-refractivity contribution in [3.05, 3.63) is 35.9 Å².